The standard InChI is InChI=1S/C19H19N3O3S/c20-13-19(10-4-1-5-11-19)22-16(23)12-25-18(24)9-8-17-21-14-6-2-3-7-15(14)26-17/h2-3,6-9H,1,4-5,10-12H2,(H,22,23). The monoisotopic (exact) mass is 369 g/mol. The van der Waals surface area contributed by atoms with Crippen LogP contribution in [0.25, 0.3) is 16.3 Å². The van der Waals surface area contributed by atoms with E-state index in [4.69, 9.17) is 4.74 Å². The van der Waals surface area contributed by atoms with Gasteiger partial charge in [0.25, 0.3) is 5.91 Å². The Morgan fingerprint density at radius 1 is 1.31 bits per heavy atom. The molecule has 1 heterocycles. The number of hydrogen-bond donors (Lipinski definition) is 1. The molecule has 0 spiro atoms. The Morgan fingerprint density at radius 3 is 2.81 bits per heavy atom. The number of hydrogen-bond acceptors (Lipinski definition) is 6. The second-order valence-electron chi connectivity index (χ2n) is 6.26. The molecule has 0 unspecified atom stereocenters. The lowest BCUT2D eigenvalue weighted by atomic mass is 9.83. The summed E-state index contributed by atoms with van der Waals surface area (Å²) in [5, 5.41) is 12.8. The predicted molar refractivity (Wildman–Crippen MR) is 99.2 cm³/mol. The number of carbonyl (C=O) groups excluding carboxylic acids is 2. The molecule has 1 N–H and O–H groups in total. The van der Waals surface area contributed by atoms with Gasteiger partial charge in [0.15, 0.2) is 6.61 Å². The van der Waals surface area contributed by atoms with E-state index in [1.54, 1.807) is 6.08 Å². The number of amides is 1. The molecule has 1 aromatic heterocycles. The molecule has 0 bridgehead atoms. The van der Waals surface area contributed by atoms with Crippen molar-refractivity contribution in [2.24, 2.45) is 0 Å². The first-order chi connectivity index (χ1) is 12.6. The van der Waals surface area contributed by atoms with Gasteiger partial charge in [-0.05, 0) is 31.1 Å². The van der Waals surface area contributed by atoms with Crippen LogP contribution in [0.15, 0.2) is 30.3 Å². The molecule has 0 atom stereocenters. The van der Waals surface area contributed by atoms with Gasteiger partial charge in [-0.2, -0.15) is 5.26 Å². The summed E-state index contributed by atoms with van der Waals surface area (Å²) in [7, 11) is 0. The molecule has 1 aliphatic rings. The Bertz CT molecular complexity index is 843. The van der Waals surface area contributed by atoms with Crippen molar-refractivity contribution in [2.75, 3.05) is 6.61 Å². The normalized spacial score (nSPS) is 16.3. The van der Waals surface area contributed by atoms with Gasteiger partial charge in [0.05, 0.1) is 16.3 Å². The van der Waals surface area contributed by atoms with Crippen LogP contribution in [0.2, 0.25) is 0 Å². The number of benzene rings is 1. The van der Waals surface area contributed by atoms with Gasteiger partial charge in [-0.15, -0.1) is 11.3 Å². The summed E-state index contributed by atoms with van der Waals surface area (Å²) >= 11 is 1.47. The second-order valence-corrected chi connectivity index (χ2v) is 7.33. The van der Waals surface area contributed by atoms with Gasteiger partial charge in [0.2, 0.25) is 0 Å². The van der Waals surface area contributed by atoms with Gasteiger partial charge in [-0.1, -0.05) is 31.4 Å². The van der Waals surface area contributed by atoms with E-state index in [1.165, 1.54) is 17.4 Å². The Balaban J connectivity index is 1.50. The number of nitrogens with one attached hydrogen (secondary N) is 1. The summed E-state index contributed by atoms with van der Waals surface area (Å²) < 4.78 is 6.00. The van der Waals surface area contributed by atoms with E-state index in [0.717, 1.165) is 29.5 Å². The van der Waals surface area contributed by atoms with E-state index in [9.17, 15) is 14.9 Å². The number of ether oxygens (including phenoxy) is 1. The minimum absolute atomic E-state index is 0.396. The molecular weight excluding hydrogens is 350 g/mol. The lowest BCUT2D eigenvalue weighted by Gasteiger charge is -2.31. The first-order valence-corrected chi connectivity index (χ1v) is 9.35. The van der Waals surface area contributed by atoms with Crippen molar-refractivity contribution in [3.63, 3.8) is 0 Å². The maximum absolute atomic E-state index is 12.0. The number of fused-ring (bicyclic) bond motifs is 1. The predicted octanol–water partition coefficient (Wildman–Crippen LogP) is 3.20. The fraction of sp³-hybridized carbons (Fsp3) is 0.368. The molecule has 0 aliphatic heterocycles. The molecule has 1 saturated carbocycles. The van der Waals surface area contributed by atoms with Crippen molar-refractivity contribution < 1.29 is 14.3 Å². The summed E-state index contributed by atoms with van der Waals surface area (Å²) in [6.45, 7) is -0.396. The van der Waals surface area contributed by atoms with Crippen LogP contribution in [0.4, 0.5) is 0 Å². The van der Waals surface area contributed by atoms with Crippen LogP contribution in [0, 0.1) is 11.3 Å². The first-order valence-electron chi connectivity index (χ1n) is 8.53. The number of rotatable bonds is 5. The van der Waals surface area contributed by atoms with Crippen molar-refractivity contribution >= 4 is 39.5 Å². The Labute approximate surface area is 155 Å². The molecule has 1 fully saturated rings. The van der Waals surface area contributed by atoms with Crippen LogP contribution in [-0.4, -0.2) is 29.0 Å². The SMILES string of the molecule is N#CC1(NC(=O)COC(=O)C=Cc2nc3ccccc3s2)CCCCC1. The molecule has 3 rings (SSSR count). The number of carbonyl (C=O) groups is 2. The molecule has 6 nitrogen and oxygen atoms in total. The summed E-state index contributed by atoms with van der Waals surface area (Å²) in [4.78, 5) is 28.2. The minimum atomic E-state index is -0.821. The van der Waals surface area contributed by atoms with Crippen LogP contribution in [0.1, 0.15) is 37.1 Å². The van der Waals surface area contributed by atoms with E-state index in [2.05, 4.69) is 16.4 Å². The van der Waals surface area contributed by atoms with Gasteiger partial charge in [0, 0.05) is 6.08 Å². The summed E-state index contributed by atoms with van der Waals surface area (Å²) in [6, 6.07) is 9.91. The molecular formula is C19H19N3O3S. The topological polar surface area (TPSA) is 92.1 Å². The second kappa shape index (κ2) is 8.11. The van der Waals surface area contributed by atoms with Gasteiger partial charge in [-0.25, -0.2) is 9.78 Å². The highest BCUT2D eigenvalue weighted by molar-refractivity contribution is 7.19. The van der Waals surface area contributed by atoms with Crippen LogP contribution >= 0.6 is 11.3 Å². The molecule has 0 radical (unpaired) electrons. The summed E-state index contributed by atoms with van der Waals surface area (Å²) in [5.41, 5.74) is 0.0534. The fourth-order valence-electron chi connectivity index (χ4n) is 3.01. The smallest absolute Gasteiger partial charge is 0.331 e. The number of aromatic nitrogens is 1. The quantitative estimate of drug-likeness (QED) is 0.645. The molecule has 2 aromatic rings. The third kappa shape index (κ3) is 4.46. The number of para-hydroxylation sites is 1. The zero-order chi connectivity index (χ0) is 18.4. The van der Waals surface area contributed by atoms with Crippen LogP contribution in [-0.2, 0) is 14.3 Å². The minimum Gasteiger partial charge on any atom is -0.452 e. The van der Waals surface area contributed by atoms with Crippen molar-refractivity contribution in [1.29, 1.82) is 5.26 Å². The van der Waals surface area contributed by atoms with Gasteiger partial charge >= 0.3 is 5.97 Å². The van der Waals surface area contributed by atoms with Crippen molar-refractivity contribution in [2.45, 2.75) is 37.6 Å². The number of nitriles is 1. The third-order valence-electron chi connectivity index (χ3n) is 4.32. The maximum atomic E-state index is 12.0. The highest BCUT2D eigenvalue weighted by atomic mass is 32.1. The lowest BCUT2D eigenvalue weighted by molar-refractivity contribution is -0.144. The number of esters is 1. The maximum Gasteiger partial charge on any atom is 0.331 e. The summed E-state index contributed by atoms with van der Waals surface area (Å²) in [5.74, 6) is -1.07. The molecule has 1 aliphatic carbocycles. The number of nitrogens with zero attached hydrogens (tertiary/aromatic N) is 2. The van der Waals surface area contributed by atoms with Crippen LogP contribution in [0.5, 0.6) is 0 Å². The van der Waals surface area contributed by atoms with E-state index >= 15 is 0 Å². The summed E-state index contributed by atoms with van der Waals surface area (Å²) in [6.07, 6.45) is 7.01. The molecule has 26 heavy (non-hydrogen) atoms. The first kappa shape index (κ1) is 18.1. The lowest BCUT2D eigenvalue weighted by Crippen LogP contribution is -2.49. The molecule has 134 valence electrons. The van der Waals surface area contributed by atoms with Gasteiger partial charge < -0.3 is 10.1 Å². The third-order valence-corrected chi connectivity index (χ3v) is 5.32. The average Bonchev–Trinajstić information content (AvgIpc) is 3.08. The van der Waals surface area contributed by atoms with Crippen molar-refractivity contribution in [3.05, 3.63) is 35.3 Å². The molecule has 7 heteroatoms. The highest BCUT2D eigenvalue weighted by Gasteiger charge is 2.33. The Kier molecular flexibility index (Phi) is 5.64. The molecule has 1 amide bonds. The molecule has 0 saturated heterocycles. The van der Waals surface area contributed by atoms with Crippen molar-refractivity contribution in [1.82, 2.24) is 10.3 Å². The molecule has 1 aromatic carbocycles. The van der Waals surface area contributed by atoms with Gasteiger partial charge in [-0.3, -0.25) is 4.79 Å². The number of thiazole rings is 1. The van der Waals surface area contributed by atoms with E-state index in [0.29, 0.717) is 17.8 Å². The van der Waals surface area contributed by atoms with Gasteiger partial charge in [0.1, 0.15) is 10.5 Å². The Morgan fingerprint density at radius 2 is 2.08 bits per heavy atom. The van der Waals surface area contributed by atoms with Crippen LogP contribution < -0.4 is 5.32 Å². The van der Waals surface area contributed by atoms with Crippen LogP contribution in [0.3, 0.4) is 0 Å². The largest absolute Gasteiger partial charge is 0.452 e. The van der Waals surface area contributed by atoms with E-state index in [-0.39, 0.29) is 0 Å². The van der Waals surface area contributed by atoms with E-state index in [1.807, 2.05) is 24.3 Å². The average molecular weight is 369 g/mol. The van der Waals surface area contributed by atoms with E-state index < -0.39 is 24.0 Å². The highest BCUT2D eigenvalue weighted by Crippen LogP contribution is 2.27. The van der Waals surface area contributed by atoms with Crippen molar-refractivity contribution in [3.8, 4) is 6.07 Å². The fourth-order valence-corrected chi connectivity index (χ4v) is 3.88. The zero-order valence-corrected chi connectivity index (χ0v) is 15.1. The Hall–Kier alpha value is -2.72. The zero-order valence-electron chi connectivity index (χ0n) is 14.2.